The third-order valence-electron chi connectivity index (χ3n) is 4.03. The zero-order chi connectivity index (χ0) is 15.5. The molecule has 5 heteroatoms. The van der Waals surface area contributed by atoms with E-state index in [4.69, 9.17) is 5.73 Å². The summed E-state index contributed by atoms with van der Waals surface area (Å²) < 4.78 is 0. The molecule has 0 spiro atoms. The standard InChI is InChI=1S/C15H25N3O2/c1-6-15(16,7-2)8-17-14(20)13-9(3)12(11(5)19)10(4)18-13/h18H,6-8,16H2,1-5H3,(H,17,20). The van der Waals surface area contributed by atoms with Gasteiger partial charge < -0.3 is 16.0 Å². The van der Waals surface area contributed by atoms with Crippen LogP contribution in [-0.4, -0.2) is 28.8 Å². The molecular formula is C15H25N3O2. The van der Waals surface area contributed by atoms with Gasteiger partial charge in [0.25, 0.3) is 5.91 Å². The van der Waals surface area contributed by atoms with E-state index in [1.165, 1.54) is 6.92 Å². The lowest BCUT2D eigenvalue weighted by molar-refractivity contribution is 0.0937. The second-order valence-electron chi connectivity index (χ2n) is 5.43. The van der Waals surface area contributed by atoms with Crippen molar-refractivity contribution in [2.45, 2.75) is 53.0 Å². The Balaban J connectivity index is 2.89. The zero-order valence-electron chi connectivity index (χ0n) is 13.0. The Morgan fingerprint density at radius 2 is 1.80 bits per heavy atom. The molecule has 0 aliphatic heterocycles. The molecule has 20 heavy (non-hydrogen) atoms. The minimum absolute atomic E-state index is 0.0365. The third-order valence-corrected chi connectivity index (χ3v) is 4.03. The number of Topliss-reactive ketones (excluding diaryl/α,β-unsaturated/α-hetero) is 1. The van der Waals surface area contributed by atoms with Crippen LogP contribution in [0.25, 0.3) is 0 Å². The van der Waals surface area contributed by atoms with Crippen molar-refractivity contribution in [2.75, 3.05) is 6.54 Å². The van der Waals surface area contributed by atoms with E-state index in [0.717, 1.165) is 18.5 Å². The van der Waals surface area contributed by atoms with Gasteiger partial charge in [-0.25, -0.2) is 0 Å². The summed E-state index contributed by atoms with van der Waals surface area (Å²) in [4.78, 5) is 26.8. The summed E-state index contributed by atoms with van der Waals surface area (Å²) >= 11 is 0. The first kappa shape index (κ1) is 16.4. The molecule has 0 aliphatic rings. The molecule has 1 amide bonds. The number of nitrogens with one attached hydrogen (secondary N) is 2. The number of hydrogen-bond donors (Lipinski definition) is 3. The number of aromatic nitrogens is 1. The van der Waals surface area contributed by atoms with Gasteiger partial charge in [0.2, 0.25) is 0 Å². The predicted octanol–water partition coefficient (Wildman–Crippen LogP) is 2.08. The summed E-state index contributed by atoms with van der Waals surface area (Å²) in [6.45, 7) is 9.52. The maximum atomic E-state index is 12.2. The van der Waals surface area contributed by atoms with E-state index in [2.05, 4.69) is 10.3 Å². The number of ketones is 1. The first-order chi connectivity index (χ1) is 9.25. The molecule has 0 radical (unpaired) electrons. The summed E-state index contributed by atoms with van der Waals surface area (Å²) in [5, 5.41) is 2.86. The maximum Gasteiger partial charge on any atom is 0.268 e. The molecule has 4 N–H and O–H groups in total. The van der Waals surface area contributed by atoms with E-state index in [9.17, 15) is 9.59 Å². The number of amides is 1. The van der Waals surface area contributed by atoms with Crippen molar-refractivity contribution in [2.24, 2.45) is 5.73 Å². The number of H-pyrrole nitrogens is 1. The Hall–Kier alpha value is -1.62. The fraction of sp³-hybridized carbons (Fsp3) is 0.600. The monoisotopic (exact) mass is 279 g/mol. The molecule has 1 aromatic rings. The second kappa shape index (κ2) is 6.22. The summed E-state index contributed by atoms with van der Waals surface area (Å²) in [7, 11) is 0. The highest BCUT2D eigenvalue weighted by molar-refractivity contribution is 6.02. The fourth-order valence-corrected chi connectivity index (χ4v) is 2.35. The molecule has 1 aromatic heterocycles. The van der Waals surface area contributed by atoms with Crippen molar-refractivity contribution in [3.63, 3.8) is 0 Å². The van der Waals surface area contributed by atoms with Crippen LogP contribution < -0.4 is 11.1 Å². The molecule has 0 fully saturated rings. The van der Waals surface area contributed by atoms with Crippen molar-refractivity contribution in [3.05, 3.63) is 22.5 Å². The number of aryl methyl sites for hydroxylation is 1. The molecule has 1 rings (SSSR count). The number of carbonyl (C=O) groups excluding carboxylic acids is 2. The normalized spacial score (nSPS) is 11.5. The smallest absolute Gasteiger partial charge is 0.268 e. The molecule has 1 heterocycles. The fourth-order valence-electron chi connectivity index (χ4n) is 2.35. The topological polar surface area (TPSA) is 88.0 Å². The molecule has 0 saturated carbocycles. The molecule has 0 bridgehead atoms. The van der Waals surface area contributed by atoms with Crippen LogP contribution in [0.15, 0.2) is 0 Å². The van der Waals surface area contributed by atoms with E-state index in [1.54, 1.807) is 13.8 Å². The minimum atomic E-state index is -0.380. The van der Waals surface area contributed by atoms with Crippen LogP contribution in [0.5, 0.6) is 0 Å². The first-order valence-electron chi connectivity index (χ1n) is 7.03. The SMILES string of the molecule is CCC(N)(CC)CNC(=O)c1[nH]c(C)c(C(C)=O)c1C. The molecular weight excluding hydrogens is 254 g/mol. The Labute approximate surface area is 120 Å². The Morgan fingerprint density at radius 1 is 1.25 bits per heavy atom. The van der Waals surface area contributed by atoms with Crippen molar-refractivity contribution in [3.8, 4) is 0 Å². The third kappa shape index (κ3) is 3.28. The predicted molar refractivity (Wildman–Crippen MR) is 80.1 cm³/mol. The van der Waals surface area contributed by atoms with Crippen molar-refractivity contribution >= 4 is 11.7 Å². The quantitative estimate of drug-likeness (QED) is 0.697. The van der Waals surface area contributed by atoms with Crippen molar-refractivity contribution in [1.29, 1.82) is 0 Å². The molecule has 112 valence electrons. The molecule has 0 aliphatic carbocycles. The molecule has 5 nitrogen and oxygen atoms in total. The van der Waals surface area contributed by atoms with Crippen LogP contribution in [0, 0.1) is 13.8 Å². The van der Waals surface area contributed by atoms with Gasteiger partial charge in [-0.2, -0.15) is 0 Å². The van der Waals surface area contributed by atoms with Crippen LogP contribution >= 0.6 is 0 Å². The highest BCUT2D eigenvalue weighted by Gasteiger charge is 2.24. The lowest BCUT2D eigenvalue weighted by Crippen LogP contribution is -2.49. The second-order valence-corrected chi connectivity index (χ2v) is 5.43. The summed E-state index contributed by atoms with van der Waals surface area (Å²) in [5.74, 6) is -0.250. The average Bonchev–Trinajstić information content (AvgIpc) is 2.71. The molecule has 0 saturated heterocycles. The zero-order valence-corrected chi connectivity index (χ0v) is 13.0. The van der Waals surface area contributed by atoms with E-state index in [0.29, 0.717) is 23.4 Å². The van der Waals surface area contributed by atoms with Gasteiger partial charge in [-0.3, -0.25) is 9.59 Å². The van der Waals surface area contributed by atoms with Gasteiger partial charge in [0, 0.05) is 23.3 Å². The number of hydrogen-bond acceptors (Lipinski definition) is 3. The molecule has 0 aromatic carbocycles. The number of aromatic amines is 1. The number of nitrogens with two attached hydrogens (primary N) is 1. The van der Waals surface area contributed by atoms with E-state index < -0.39 is 0 Å². The Morgan fingerprint density at radius 3 is 2.20 bits per heavy atom. The van der Waals surface area contributed by atoms with Crippen LogP contribution in [0.4, 0.5) is 0 Å². The van der Waals surface area contributed by atoms with Crippen molar-refractivity contribution in [1.82, 2.24) is 10.3 Å². The average molecular weight is 279 g/mol. The summed E-state index contributed by atoms with van der Waals surface area (Å²) in [5.41, 5.74) is 8.25. The largest absolute Gasteiger partial charge is 0.354 e. The molecule has 0 unspecified atom stereocenters. The van der Waals surface area contributed by atoms with E-state index in [-0.39, 0.29) is 17.2 Å². The maximum absolute atomic E-state index is 12.2. The lowest BCUT2D eigenvalue weighted by atomic mass is 9.94. The van der Waals surface area contributed by atoms with Crippen molar-refractivity contribution < 1.29 is 9.59 Å². The lowest BCUT2D eigenvalue weighted by Gasteiger charge is -2.26. The van der Waals surface area contributed by atoms with Crippen LogP contribution in [0.2, 0.25) is 0 Å². The van der Waals surface area contributed by atoms with E-state index >= 15 is 0 Å². The highest BCUT2D eigenvalue weighted by atomic mass is 16.2. The van der Waals surface area contributed by atoms with Crippen LogP contribution in [0.3, 0.4) is 0 Å². The summed E-state index contributed by atoms with van der Waals surface area (Å²) in [6, 6.07) is 0. The highest BCUT2D eigenvalue weighted by Crippen LogP contribution is 2.18. The van der Waals surface area contributed by atoms with Gasteiger partial charge in [0.1, 0.15) is 5.69 Å². The van der Waals surface area contributed by atoms with Gasteiger partial charge in [-0.1, -0.05) is 13.8 Å². The van der Waals surface area contributed by atoms with Gasteiger partial charge in [-0.15, -0.1) is 0 Å². The van der Waals surface area contributed by atoms with Gasteiger partial charge in [0.05, 0.1) is 0 Å². The number of rotatable bonds is 6. The Bertz CT molecular complexity index is 513. The molecule has 0 atom stereocenters. The van der Waals surface area contributed by atoms with E-state index in [1.807, 2.05) is 13.8 Å². The van der Waals surface area contributed by atoms with Gasteiger partial charge >= 0.3 is 0 Å². The van der Waals surface area contributed by atoms with Crippen LogP contribution in [-0.2, 0) is 0 Å². The first-order valence-corrected chi connectivity index (χ1v) is 7.03. The summed E-state index contributed by atoms with van der Waals surface area (Å²) in [6.07, 6.45) is 1.59. The number of carbonyl (C=O) groups is 2. The van der Waals surface area contributed by atoms with Crippen LogP contribution in [0.1, 0.15) is 65.7 Å². The van der Waals surface area contributed by atoms with Gasteiger partial charge in [0.15, 0.2) is 5.78 Å². The Kier molecular flexibility index (Phi) is 5.11. The van der Waals surface area contributed by atoms with Gasteiger partial charge in [-0.05, 0) is 39.2 Å². The minimum Gasteiger partial charge on any atom is -0.354 e.